The number of H-pyrrole nitrogens is 1. The number of hydrogen-bond donors (Lipinski definition) is 1. The molecule has 0 bridgehead atoms. The Morgan fingerprint density at radius 2 is 2.54 bits per heavy atom. The second-order valence-electron chi connectivity index (χ2n) is 2.35. The second-order valence-corrected chi connectivity index (χ2v) is 3.31. The van der Waals surface area contributed by atoms with Crippen molar-refractivity contribution in [1.29, 1.82) is 0 Å². The van der Waals surface area contributed by atoms with Gasteiger partial charge in [-0.25, -0.2) is 9.78 Å². The standard InChI is InChI=1S/C6H7N5OS/c1-2-11-4(3-7-10-11)5-8-9-6(12)13-5/h3H,2H2,1H3,(H,9,12). The molecule has 0 amide bonds. The van der Waals surface area contributed by atoms with E-state index in [0.717, 1.165) is 17.0 Å². The highest BCUT2D eigenvalue weighted by molar-refractivity contribution is 7.12. The lowest BCUT2D eigenvalue weighted by Gasteiger charge is -1.96. The fraction of sp³-hybridized carbons (Fsp3) is 0.333. The summed E-state index contributed by atoms with van der Waals surface area (Å²) < 4.78 is 1.69. The van der Waals surface area contributed by atoms with Crippen LogP contribution in [0.2, 0.25) is 0 Å². The van der Waals surface area contributed by atoms with Crippen molar-refractivity contribution in [3.05, 3.63) is 15.9 Å². The van der Waals surface area contributed by atoms with Gasteiger partial charge >= 0.3 is 4.87 Å². The quantitative estimate of drug-likeness (QED) is 0.741. The van der Waals surface area contributed by atoms with Gasteiger partial charge in [0.2, 0.25) is 0 Å². The number of aromatic nitrogens is 5. The van der Waals surface area contributed by atoms with Crippen LogP contribution in [0.15, 0.2) is 11.0 Å². The van der Waals surface area contributed by atoms with Crippen LogP contribution in [-0.4, -0.2) is 25.2 Å². The third-order valence-electron chi connectivity index (χ3n) is 1.57. The molecule has 2 aromatic rings. The Morgan fingerprint density at radius 3 is 3.15 bits per heavy atom. The minimum Gasteiger partial charge on any atom is -0.255 e. The van der Waals surface area contributed by atoms with Crippen molar-refractivity contribution < 1.29 is 0 Å². The second kappa shape index (κ2) is 3.09. The van der Waals surface area contributed by atoms with E-state index < -0.39 is 0 Å². The van der Waals surface area contributed by atoms with Crippen LogP contribution in [0, 0.1) is 0 Å². The zero-order chi connectivity index (χ0) is 9.26. The predicted octanol–water partition coefficient (Wildman–Crippen LogP) is 0.110. The molecular formula is C6H7N5OS. The Hall–Kier alpha value is -1.50. The number of rotatable bonds is 2. The van der Waals surface area contributed by atoms with Gasteiger partial charge < -0.3 is 0 Å². The molecular weight excluding hydrogens is 190 g/mol. The van der Waals surface area contributed by atoms with Crippen LogP contribution in [0.4, 0.5) is 0 Å². The number of aromatic amines is 1. The monoisotopic (exact) mass is 197 g/mol. The number of aryl methyl sites for hydroxylation is 1. The Morgan fingerprint density at radius 1 is 1.69 bits per heavy atom. The lowest BCUT2D eigenvalue weighted by atomic mass is 10.5. The zero-order valence-electron chi connectivity index (χ0n) is 6.89. The van der Waals surface area contributed by atoms with Gasteiger partial charge in [0.25, 0.3) is 0 Å². The van der Waals surface area contributed by atoms with Gasteiger partial charge in [0.15, 0.2) is 5.01 Å². The average Bonchev–Trinajstić information content (AvgIpc) is 2.71. The molecule has 0 aromatic carbocycles. The van der Waals surface area contributed by atoms with E-state index in [9.17, 15) is 4.79 Å². The summed E-state index contributed by atoms with van der Waals surface area (Å²) in [7, 11) is 0. The molecule has 1 N–H and O–H groups in total. The summed E-state index contributed by atoms with van der Waals surface area (Å²) in [6.45, 7) is 2.66. The van der Waals surface area contributed by atoms with Gasteiger partial charge in [-0.2, -0.15) is 5.10 Å². The highest BCUT2D eigenvalue weighted by Crippen LogP contribution is 2.15. The summed E-state index contributed by atoms with van der Waals surface area (Å²) >= 11 is 1.05. The van der Waals surface area contributed by atoms with Crippen molar-refractivity contribution in [3.63, 3.8) is 0 Å². The van der Waals surface area contributed by atoms with Crippen molar-refractivity contribution in [2.24, 2.45) is 0 Å². The van der Waals surface area contributed by atoms with Crippen LogP contribution >= 0.6 is 11.3 Å². The first-order valence-corrected chi connectivity index (χ1v) is 4.57. The van der Waals surface area contributed by atoms with Gasteiger partial charge in [-0.05, 0) is 6.92 Å². The molecule has 0 aliphatic carbocycles. The minimum atomic E-state index is -0.168. The molecule has 0 saturated heterocycles. The first-order valence-electron chi connectivity index (χ1n) is 3.75. The molecule has 2 rings (SSSR count). The van der Waals surface area contributed by atoms with Crippen LogP contribution < -0.4 is 4.87 Å². The Labute approximate surface area is 77.2 Å². The highest BCUT2D eigenvalue weighted by atomic mass is 32.1. The van der Waals surface area contributed by atoms with E-state index in [0.29, 0.717) is 11.6 Å². The van der Waals surface area contributed by atoms with Gasteiger partial charge in [-0.1, -0.05) is 16.6 Å². The minimum absolute atomic E-state index is 0.168. The Bertz CT molecular complexity index is 455. The number of hydrogen-bond acceptors (Lipinski definition) is 5. The average molecular weight is 197 g/mol. The van der Waals surface area contributed by atoms with Crippen molar-refractivity contribution >= 4 is 11.3 Å². The summed E-state index contributed by atoms with van der Waals surface area (Å²) in [5, 5.41) is 14.4. The summed E-state index contributed by atoms with van der Waals surface area (Å²) in [6.07, 6.45) is 1.59. The lowest BCUT2D eigenvalue weighted by Crippen LogP contribution is -1.98. The Kier molecular flexibility index (Phi) is 1.93. The molecule has 68 valence electrons. The van der Waals surface area contributed by atoms with E-state index in [1.807, 2.05) is 6.92 Å². The van der Waals surface area contributed by atoms with Gasteiger partial charge in [-0.15, -0.1) is 5.10 Å². The first kappa shape index (κ1) is 8.11. The molecule has 0 saturated carbocycles. The van der Waals surface area contributed by atoms with Crippen LogP contribution in [0.5, 0.6) is 0 Å². The molecule has 2 heterocycles. The van der Waals surface area contributed by atoms with E-state index >= 15 is 0 Å². The fourth-order valence-corrected chi connectivity index (χ4v) is 1.62. The molecule has 0 radical (unpaired) electrons. The molecule has 0 atom stereocenters. The van der Waals surface area contributed by atoms with E-state index in [4.69, 9.17) is 0 Å². The molecule has 7 heteroatoms. The molecule has 6 nitrogen and oxygen atoms in total. The van der Waals surface area contributed by atoms with Crippen molar-refractivity contribution in [1.82, 2.24) is 25.2 Å². The normalized spacial score (nSPS) is 10.5. The maximum absolute atomic E-state index is 10.8. The van der Waals surface area contributed by atoms with Crippen LogP contribution in [-0.2, 0) is 6.54 Å². The first-order chi connectivity index (χ1) is 6.31. The largest absolute Gasteiger partial charge is 0.322 e. The van der Waals surface area contributed by atoms with Gasteiger partial charge in [-0.3, -0.25) is 4.79 Å². The third kappa shape index (κ3) is 1.37. The lowest BCUT2D eigenvalue weighted by molar-refractivity contribution is 0.632. The fourth-order valence-electron chi connectivity index (χ4n) is 0.996. The molecule has 13 heavy (non-hydrogen) atoms. The van der Waals surface area contributed by atoms with E-state index in [1.165, 1.54) is 0 Å². The highest BCUT2D eigenvalue weighted by Gasteiger charge is 2.08. The summed E-state index contributed by atoms with van der Waals surface area (Å²) in [5.41, 5.74) is 0.769. The zero-order valence-corrected chi connectivity index (χ0v) is 7.71. The number of nitrogens with one attached hydrogen (secondary N) is 1. The van der Waals surface area contributed by atoms with E-state index in [-0.39, 0.29) is 4.87 Å². The van der Waals surface area contributed by atoms with Crippen molar-refractivity contribution in [2.45, 2.75) is 13.5 Å². The van der Waals surface area contributed by atoms with Gasteiger partial charge in [0, 0.05) is 6.54 Å². The van der Waals surface area contributed by atoms with Gasteiger partial charge in [0.1, 0.15) is 5.69 Å². The van der Waals surface area contributed by atoms with Crippen LogP contribution in [0.3, 0.4) is 0 Å². The predicted molar refractivity (Wildman–Crippen MR) is 47.4 cm³/mol. The molecule has 0 spiro atoms. The SMILES string of the molecule is CCn1nncc1-c1n[nH]c(=O)s1. The molecule has 0 fully saturated rings. The summed E-state index contributed by atoms with van der Waals surface area (Å²) in [5.74, 6) is 0. The van der Waals surface area contributed by atoms with E-state index in [1.54, 1.807) is 10.9 Å². The third-order valence-corrected chi connectivity index (χ3v) is 2.34. The smallest absolute Gasteiger partial charge is 0.255 e. The van der Waals surface area contributed by atoms with E-state index in [2.05, 4.69) is 20.5 Å². The molecule has 0 aliphatic rings. The van der Waals surface area contributed by atoms with Crippen LogP contribution in [0.25, 0.3) is 10.7 Å². The van der Waals surface area contributed by atoms with Crippen molar-refractivity contribution in [2.75, 3.05) is 0 Å². The van der Waals surface area contributed by atoms with Crippen LogP contribution in [0.1, 0.15) is 6.92 Å². The Balaban J connectivity index is 2.51. The molecule has 0 unspecified atom stereocenters. The topological polar surface area (TPSA) is 76.5 Å². The van der Waals surface area contributed by atoms with Crippen molar-refractivity contribution in [3.8, 4) is 10.7 Å². The molecule has 0 aliphatic heterocycles. The number of nitrogens with zero attached hydrogens (tertiary/aromatic N) is 4. The van der Waals surface area contributed by atoms with Gasteiger partial charge in [0.05, 0.1) is 6.20 Å². The maximum Gasteiger partial charge on any atom is 0.322 e. The summed E-state index contributed by atoms with van der Waals surface area (Å²) in [4.78, 5) is 10.7. The maximum atomic E-state index is 10.8. The molecule has 2 aromatic heterocycles. The summed E-state index contributed by atoms with van der Waals surface area (Å²) in [6, 6.07) is 0.